The number of rotatable bonds is 3. The fraction of sp³-hybridized carbons (Fsp3) is 0.353. The number of thiophene rings is 1. The maximum absolute atomic E-state index is 12.3. The monoisotopic (exact) mass is 315 g/mol. The molecule has 1 saturated heterocycles. The van der Waals surface area contributed by atoms with Crippen LogP contribution in [0, 0.1) is 0 Å². The van der Waals surface area contributed by atoms with Crippen LogP contribution in [0.2, 0.25) is 0 Å². The van der Waals surface area contributed by atoms with Crippen molar-refractivity contribution < 1.29 is 4.79 Å². The highest BCUT2D eigenvalue weighted by Crippen LogP contribution is 2.14. The topological polar surface area (TPSA) is 35.6 Å². The van der Waals surface area contributed by atoms with Gasteiger partial charge in [-0.1, -0.05) is 24.3 Å². The van der Waals surface area contributed by atoms with Crippen LogP contribution in [0.25, 0.3) is 0 Å². The average molecular weight is 315 g/mol. The van der Waals surface area contributed by atoms with Gasteiger partial charge in [-0.15, -0.1) is 11.3 Å². The third-order valence-electron chi connectivity index (χ3n) is 3.86. The van der Waals surface area contributed by atoms with Crippen LogP contribution in [-0.4, -0.2) is 42.0 Å². The predicted molar refractivity (Wildman–Crippen MR) is 91.2 cm³/mol. The molecule has 5 heteroatoms. The fourth-order valence-electron chi connectivity index (χ4n) is 2.68. The second-order valence-corrected chi connectivity index (χ2v) is 6.52. The summed E-state index contributed by atoms with van der Waals surface area (Å²) >= 11 is 1.80. The van der Waals surface area contributed by atoms with Crippen molar-refractivity contribution in [3.63, 3.8) is 0 Å². The molecule has 1 N–H and O–H groups in total. The van der Waals surface area contributed by atoms with E-state index in [-0.39, 0.29) is 6.03 Å². The Balaban J connectivity index is 1.52. The standard InChI is InChI=1S/C17H21N3OS/c21-17(18-15-6-2-1-3-7-15)20-10-5-9-19(11-12-20)14-16-8-4-13-22-16/h1-4,6-8,13H,5,9-12,14H2,(H,18,21). The lowest BCUT2D eigenvalue weighted by Gasteiger charge is -2.22. The van der Waals surface area contributed by atoms with E-state index in [2.05, 4.69) is 27.7 Å². The number of carbonyl (C=O) groups excluding carboxylic acids is 1. The average Bonchev–Trinajstić information content (AvgIpc) is 2.92. The van der Waals surface area contributed by atoms with Gasteiger partial charge in [0, 0.05) is 43.3 Å². The molecule has 1 aromatic carbocycles. The van der Waals surface area contributed by atoms with Gasteiger partial charge in [-0.2, -0.15) is 0 Å². The zero-order valence-corrected chi connectivity index (χ0v) is 13.4. The Labute approximate surface area is 135 Å². The van der Waals surface area contributed by atoms with Crippen molar-refractivity contribution in [3.05, 3.63) is 52.7 Å². The van der Waals surface area contributed by atoms with Gasteiger partial charge in [-0.25, -0.2) is 4.79 Å². The fourth-order valence-corrected chi connectivity index (χ4v) is 3.43. The van der Waals surface area contributed by atoms with Gasteiger partial charge in [0.05, 0.1) is 0 Å². The van der Waals surface area contributed by atoms with Crippen LogP contribution < -0.4 is 5.32 Å². The van der Waals surface area contributed by atoms with Crippen molar-refractivity contribution in [1.29, 1.82) is 0 Å². The Kier molecular flexibility index (Phi) is 5.08. The number of carbonyl (C=O) groups is 1. The number of benzene rings is 1. The van der Waals surface area contributed by atoms with Crippen LogP contribution in [-0.2, 0) is 6.54 Å². The van der Waals surface area contributed by atoms with Gasteiger partial charge in [0.2, 0.25) is 0 Å². The van der Waals surface area contributed by atoms with Crippen molar-refractivity contribution in [2.75, 3.05) is 31.5 Å². The first-order chi connectivity index (χ1) is 10.8. The molecule has 0 unspecified atom stereocenters. The molecule has 0 aliphatic carbocycles. The molecule has 1 aliphatic heterocycles. The summed E-state index contributed by atoms with van der Waals surface area (Å²) in [6.45, 7) is 4.57. The normalized spacial score (nSPS) is 16.3. The zero-order chi connectivity index (χ0) is 15.2. The summed E-state index contributed by atoms with van der Waals surface area (Å²) in [5.41, 5.74) is 0.854. The number of para-hydroxylation sites is 1. The third kappa shape index (κ3) is 4.08. The molecule has 2 amide bonds. The lowest BCUT2D eigenvalue weighted by Crippen LogP contribution is -2.37. The molecular weight excluding hydrogens is 294 g/mol. The van der Waals surface area contributed by atoms with Crippen LogP contribution in [0.5, 0.6) is 0 Å². The van der Waals surface area contributed by atoms with Crippen molar-refractivity contribution in [3.8, 4) is 0 Å². The maximum atomic E-state index is 12.3. The molecule has 4 nitrogen and oxygen atoms in total. The molecule has 3 rings (SSSR count). The van der Waals surface area contributed by atoms with Crippen molar-refractivity contribution in [2.45, 2.75) is 13.0 Å². The van der Waals surface area contributed by atoms with E-state index < -0.39 is 0 Å². The summed E-state index contributed by atoms with van der Waals surface area (Å²) in [5.74, 6) is 0. The number of hydrogen-bond donors (Lipinski definition) is 1. The van der Waals surface area contributed by atoms with E-state index in [9.17, 15) is 4.79 Å². The van der Waals surface area contributed by atoms with Gasteiger partial charge in [0.25, 0.3) is 0 Å². The van der Waals surface area contributed by atoms with E-state index in [0.29, 0.717) is 0 Å². The minimum Gasteiger partial charge on any atom is -0.323 e. The summed E-state index contributed by atoms with van der Waals surface area (Å²) in [4.78, 5) is 18.1. The highest BCUT2D eigenvalue weighted by Gasteiger charge is 2.19. The van der Waals surface area contributed by atoms with Crippen molar-refractivity contribution in [1.82, 2.24) is 9.80 Å². The molecule has 1 aromatic heterocycles. The molecule has 1 fully saturated rings. The SMILES string of the molecule is O=C(Nc1ccccc1)N1CCCN(Cc2cccs2)CC1. The molecule has 2 aromatic rings. The van der Waals surface area contributed by atoms with Gasteiger partial charge in [-0.05, 0) is 30.0 Å². The molecule has 1 aliphatic rings. The van der Waals surface area contributed by atoms with Gasteiger partial charge in [0.1, 0.15) is 0 Å². The Morgan fingerprint density at radius 2 is 1.91 bits per heavy atom. The van der Waals surface area contributed by atoms with E-state index in [1.54, 1.807) is 11.3 Å². The second kappa shape index (κ2) is 7.42. The number of anilines is 1. The van der Waals surface area contributed by atoms with Crippen LogP contribution >= 0.6 is 11.3 Å². The van der Waals surface area contributed by atoms with E-state index >= 15 is 0 Å². The number of amides is 2. The van der Waals surface area contributed by atoms with Gasteiger partial charge < -0.3 is 10.2 Å². The first kappa shape index (κ1) is 15.1. The summed E-state index contributed by atoms with van der Waals surface area (Å²) in [7, 11) is 0. The minimum atomic E-state index is 0.00386. The van der Waals surface area contributed by atoms with E-state index in [4.69, 9.17) is 0 Å². The first-order valence-electron chi connectivity index (χ1n) is 7.67. The van der Waals surface area contributed by atoms with Gasteiger partial charge in [-0.3, -0.25) is 4.90 Å². The van der Waals surface area contributed by atoms with E-state index in [0.717, 1.165) is 44.8 Å². The molecule has 0 saturated carbocycles. The van der Waals surface area contributed by atoms with Gasteiger partial charge >= 0.3 is 6.03 Å². The predicted octanol–water partition coefficient (Wildman–Crippen LogP) is 3.49. The Morgan fingerprint density at radius 3 is 2.68 bits per heavy atom. The van der Waals surface area contributed by atoms with Crippen molar-refractivity contribution in [2.24, 2.45) is 0 Å². The molecular formula is C17H21N3OS. The maximum Gasteiger partial charge on any atom is 0.321 e. The molecule has 2 heterocycles. The van der Waals surface area contributed by atoms with Crippen molar-refractivity contribution >= 4 is 23.1 Å². The van der Waals surface area contributed by atoms with Gasteiger partial charge in [0.15, 0.2) is 0 Å². The first-order valence-corrected chi connectivity index (χ1v) is 8.55. The molecule has 0 spiro atoms. The number of urea groups is 1. The Bertz CT molecular complexity index is 585. The molecule has 0 bridgehead atoms. The van der Waals surface area contributed by atoms with E-state index in [1.807, 2.05) is 35.2 Å². The smallest absolute Gasteiger partial charge is 0.321 e. The summed E-state index contributed by atoms with van der Waals surface area (Å²) in [6.07, 6.45) is 1.02. The van der Waals surface area contributed by atoms with Crippen LogP contribution in [0.3, 0.4) is 0 Å². The second-order valence-electron chi connectivity index (χ2n) is 5.49. The Hall–Kier alpha value is -1.85. The highest BCUT2D eigenvalue weighted by atomic mass is 32.1. The molecule has 0 radical (unpaired) electrons. The number of nitrogens with one attached hydrogen (secondary N) is 1. The molecule has 116 valence electrons. The largest absolute Gasteiger partial charge is 0.323 e. The van der Waals surface area contributed by atoms with E-state index in [1.165, 1.54) is 4.88 Å². The third-order valence-corrected chi connectivity index (χ3v) is 4.72. The lowest BCUT2D eigenvalue weighted by molar-refractivity contribution is 0.211. The minimum absolute atomic E-state index is 0.00386. The summed E-state index contributed by atoms with van der Waals surface area (Å²) in [6, 6.07) is 13.9. The summed E-state index contributed by atoms with van der Waals surface area (Å²) < 4.78 is 0. The number of nitrogens with zero attached hydrogens (tertiary/aromatic N) is 2. The van der Waals surface area contributed by atoms with Crippen LogP contribution in [0.1, 0.15) is 11.3 Å². The Morgan fingerprint density at radius 1 is 1.05 bits per heavy atom. The van der Waals surface area contributed by atoms with Crippen LogP contribution in [0.15, 0.2) is 47.8 Å². The van der Waals surface area contributed by atoms with Crippen LogP contribution in [0.4, 0.5) is 10.5 Å². The summed E-state index contributed by atoms with van der Waals surface area (Å²) in [5, 5.41) is 5.09. The molecule has 22 heavy (non-hydrogen) atoms. The lowest BCUT2D eigenvalue weighted by atomic mass is 10.3. The zero-order valence-electron chi connectivity index (χ0n) is 12.6. The quantitative estimate of drug-likeness (QED) is 0.941. The highest BCUT2D eigenvalue weighted by molar-refractivity contribution is 7.09. The molecule has 0 atom stereocenters. The number of hydrogen-bond acceptors (Lipinski definition) is 3.